The lowest BCUT2D eigenvalue weighted by Crippen LogP contribution is -2.40. The number of halogens is 1. The molecule has 0 aliphatic heterocycles. The van der Waals surface area contributed by atoms with Crippen molar-refractivity contribution in [1.82, 2.24) is 4.31 Å². The van der Waals surface area contributed by atoms with Gasteiger partial charge in [-0.3, -0.25) is 0 Å². The standard InChI is InChI=1S/C14H20BrNO2S/c1-12-6-8-14(9-7-12)19(17,18)16(11-10-15)13-4-2-3-5-13/h6-9,13H,2-5,10-11H2,1H3. The molecule has 0 radical (unpaired) electrons. The van der Waals surface area contributed by atoms with Gasteiger partial charge in [-0.15, -0.1) is 0 Å². The van der Waals surface area contributed by atoms with Crippen molar-refractivity contribution in [1.29, 1.82) is 0 Å². The van der Waals surface area contributed by atoms with E-state index in [2.05, 4.69) is 15.9 Å². The SMILES string of the molecule is Cc1ccc(S(=O)(=O)N(CCBr)C2CCCC2)cc1. The molecule has 3 nitrogen and oxygen atoms in total. The third kappa shape index (κ3) is 3.38. The Morgan fingerprint density at radius 3 is 2.32 bits per heavy atom. The lowest BCUT2D eigenvalue weighted by molar-refractivity contribution is 0.338. The smallest absolute Gasteiger partial charge is 0.207 e. The van der Waals surface area contributed by atoms with E-state index in [9.17, 15) is 8.42 Å². The predicted octanol–water partition coefficient (Wildman–Crippen LogP) is 3.32. The highest BCUT2D eigenvalue weighted by Gasteiger charge is 2.32. The number of benzene rings is 1. The molecule has 106 valence electrons. The summed E-state index contributed by atoms with van der Waals surface area (Å²) in [5.41, 5.74) is 1.08. The molecule has 0 N–H and O–H groups in total. The fraction of sp³-hybridized carbons (Fsp3) is 0.571. The zero-order chi connectivity index (χ0) is 13.9. The minimum atomic E-state index is -3.36. The van der Waals surface area contributed by atoms with Crippen LogP contribution in [0.5, 0.6) is 0 Å². The summed E-state index contributed by atoms with van der Waals surface area (Å²) in [5, 5.41) is 0.675. The normalized spacial score (nSPS) is 17.2. The summed E-state index contributed by atoms with van der Waals surface area (Å²) in [7, 11) is -3.36. The van der Waals surface area contributed by atoms with Gasteiger partial charge in [-0.05, 0) is 31.9 Å². The Balaban J connectivity index is 2.30. The summed E-state index contributed by atoms with van der Waals surface area (Å²) < 4.78 is 27.1. The monoisotopic (exact) mass is 345 g/mol. The van der Waals surface area contributed by atoms with Gasteiger partial charge in [0, 0.05) is 17.9 Å². The number of aryl methyl sites for hydroxylation is 1. The Morgan fingerprint density at radius 2 is 1.79 bits per heavy atom. The number of rotatable bonds is 5. The van der Waals surface area contributed by atoms with E-state index >= 15 is 0 Å². The van der Waals surface area contributed by atoms with Gasteiger partial charge < -0.3 is 0 Å². The molecule has 19 heavy (non-hydrogen) atoms. The van der Waals surface area contributed by atoms with Gasteiger partial charge in [0.2, 0.25) is 10.0 Å². The van der Waals surface area contributed by atoms with Crippen LogP contribution < -0.4 is 0 Å². The van der Waals surface area contributed by atoms with Crippen molar-refractivity contribution < 1.29 is 8.42 Å². The van der Waals surface area contributed by atoms with Gasteiger partial charge in [0.05, 0.1) is 4.90 Å². The van der Waals surface area contributed by atoms with Crippen molar-refractivity contribution >= 4 is 26.0 Å². The molecule has 1 aromatic rings. The highest BCUT2D eigenvalue weighted by atomic mass is 79.9. The van der Waals surface area contributed by atoms with Crippen molar-refractivity contribution in [3.8, 4) is 0 Å². The van der Waals surface area contributed by atoms with E-state index in [1.54, 1.807) is 16.4 Å². The van der Waals surface area contributed by atoms with Gasteiger partial charge in [-0.2, -0.15) is 4.31 Å². The van der Waals surface area contributed by atoms with Crippen molar-refractivity contribution in [2.75, 3.05) is 11.9 Å². The molecule has 0 aromatic heterocycles. The van der Waals surface area contributed by atoms with Crippen LogP contribution in [0.2, 0.25) is 0 Å². The second-order valence-corrected chi connectivity index (χ2v) is 7.74. The summed E-state index contributed by atoms with van der Waals surface area (Å²) in [6, 6.07) is 7.30. The molecular formula is C14H20BrNO2S. The number of nitrogens with zero attached hydrogens (tertiary/aromatic N) is 1. The fourth-order valence-electron chi connectivity index (χ4n) is 2.62. The van der Waals surface area contributed by atoms with E-state index in [-0.39, 0.29) is 6.04 Å². The molecule has 0 heterocycles. The van der Waals surface area contributed by atoms with E-state index < -0.39 is 10.0 Å². The predicted molar refractivity (Wildman–Crippen MR) is 81.1 cm³/mol. The Hall–Kier alpha value is -0.390. The topological polar surface area (TPSA) is 37.4 Å². The van der Waals surface area contributed by atoms with Crippen molar-refractivity contribution in [2.24, 2.45) is 0 Å². The van der Waals surface area contributed by atoms with Crippen LogP contribution in [-0.2, 0) is 10.0 Å². The molecule has 0 bridgehead atoms. The maximum atomic E-state index is 12.7. The zero-order valence-electron chi connectivity index (χ0n) is 11.2. The van der Waals surface area contributed by atoms with Crippen LogP contribution >= 0.6 is 15.9 Å². The minimum absolute atomic E-state index is 0.170. The second kappa shape index (κ2) is 6.37. The van der Waals surface area contributed by atoms with Crippen LogP contribution in [0, 0.1) is 6.92 Å². The van der Waals surface area contributed by atoms with Crippen LogP contribution in [0.1, 0.15) is 31.2 Å². The molecule has 1 fully saturated rings. The molecule has 0 spiro atoms. The van der Waals surface area contributed by atoms with E-state index in [0.717, 1.165) is 31.2 Å². The first-order valence-electron chi connectivity index (χ1n) is 6.70. The van der Waals surface area contributed by atoms with Crippen molar-refractivity contribution in [3.05, 3.63) is 29.8 Å². The van der Waals surface area contributed by atoms with Gasteiger partial charge in [0.1, 0.15) is 0 Å². The third-order valence-corrected chi connectivity index (χ3v) is 5.99. The summed E-state index contributed by atoms with van der Waals surface area (Å²) in [4.78, 5) is 0.408. The highest BCUT2D eigenvalue weighted by Crippen LogP contribution is 2.28. The molecule has 1 aliphatic carbocycles. The molecule has 1 aromatic carbocycles. The minimum Gasteiger partial charge on any atom is -0.207 e. The summed E-state index contributed by atoms with van der Waals surface area (Å²) in [6.45, 7) is 2.50. The van der Waals surface area contributed by atoms with E-state index in [1.165, 1.54) is 0 Å². The van der Waals surface area contributed by atoms with Crippen LogP contribution in [0.25, 0.3) is 0 Å². The summed E-state index contributed by atoms with van der Waals surface area (Å²) in [5.74, 6) is 0. The van der Waals surface area contributed by atoms with Crippen LogP contribution in [-0.4, -0.2) is 30.6 Å². The van der Waals surface area contributed by atoms with Gasteiger partial charge in [0.25, 0.3) is 0 Å². The van der Waals surface area contributed by atoms with Crippen molar-refractivity contribution in [2.45, 2.75) is 43.5 Å². The van der Waals surface area contributed by atoms with Gasteiger partial charge >= 0.3 is 0 Å². The first-order valence-corrected chi connectivity index (χ1v) is 9.26. The fourth-order valence-corrected chi connectivity index (χ4v) is 4.92. The molecular weight excluding hydrogens is 326 g/mol. The Labute approximate surface area is 124 Å². The van der Waals surface area contributed by atoms with Gasteiger partial charge in [0.15, 0.2) is 0 Å². The van der Waals surface area contributed by atoms with Crippen LogP contribution in [0.3, 0.4) is 0 Å². The maximum Gasteiger partial charge on any atom is 0.243 e. The number of hydrogen-bond acceptors (Lipinski definition) is 2. The molecule has 0 atom stereocenters. The van der Waals surface area contributed by atoms with Gasteiger partial charge in [-0.25, -0.2) is 8.42 Å². The highest BCUT2D eigenvalue weighted by molar-refractivity contribution is 9.09. The van der Waals surface area contributed by atoms with Crippen LogP contribution in [0.4, 0.5) is 0 Å². The average molecular weight is 346 g/mol. The molecule has 2 rings (SSSR count). The molecule has 1 aliphatic rings. The molecule has 1 saturated carbocycles. The Kier molecular flexibility index (Phi) is 5.03. The molecule has 0 unspecified atom stereocenters. The maximum absolute atomic E-state index is 12.7. The lowest BCUT2D eigenvalue weighted by Gasteiger charge is -2.27. The zero-order valence-corrected chi connectivity index (χ0v) is 13.6. The van der Waals surface area contributed by atoms with Crippen molar-refractivity contribution in [3.63, 3.8) is 0 Å². The van der Waals surface area contributed by atoms with E-state index in [4.69, 9.17) is 0 Å². The van der Waals surface area contributed by atoms with E-state index in [1.807, 2.05) is 19.1 Å². The number of sulfonamides is 1. The molecule has 5 heteroatoms. The largest absolute Gasteiger partial charge is 0.243 e. The Morgan fingerprint density at radius 1 is 1.21 bits per heavy atom. The third-order valence-electron chi connectivity index (χ3n) is 3.66. The first kappa shape index (κ1) is 15.0. The average Bonchev–Trinajstić information content (AvgIpc) is 2.89. The number of hydrogen-bond donors (Lipinski definition) is 0. The van der Waals surface area contributed by atoms with Crippen LogP contribution in [0.15, 0.2) is 29.2 Å². The second-order valence-electron chi connectivity index (χ2n) is 5.06. The first-order chi connectivity index (χ1) is 9.05. The van der Waals surface area contributed by atoms with E-state index in [0.29, 0.717) is 16.8 Å². The summed E-state index contributed by atoms with van der Waals surface area (Å²) >= 11 is 3.37. The Bertz CT molecular complexity index is 507. The summed E-state index contributed by atoms with van der Waals surface area (Å²) in [6.07, 6.45) is 4.23. The molecule has 0 saturated heterocycles. The van der Waals surface area contributed by atoms with Gasteiger partial charge in [-0.1, -0.05) is 46.5 Å². The molecule has 0 amide bonds. The number of alkyl halides is 1. The lowest BCUT2D eigenvalue weighted by atomic mass is 10.2. The quantitative estimate of drug-likeness (QED) is 0.767.